The van der Waals surface area contributed by atoms with Crippen molar-refractivity contribution in [1.82, 2.24) is 20.2 Å². The molecule has 2 aliphatic rings. The Labute approximate surface area is 260 Å². The maximum atomic E-state index is 14.7. The van der Waals surface area contributed by atoms with E-state index in [1.807, 2.05) is 0 Å². The number of hydrogen-bond donors (Lipinski definition) is 4. The lowest BCUT2D eigenvalue weighted by Crippen LogP contribution is -2.51. The van der Waals surface area contributed by atoms with Gasteiger partial charge in [0.1, 0.15) is 23.0 Å². The third kappa shape index (κ3) is 9.43. The van der Waals surface area contributed by atoms with Crippen molar-refractivity contribution in [3.8, 4) is 5.75 Å². The molecule has 3 heterocycles. The van der Waals surface area contributed by atoms with Crippen molar-refractivity contribution in [3.63, 3.8) is 0 Å². The van der Waals surface area contributed by atoms with E-state index in [9.17, 15) is 23.5 Å². The number of likely N-dealkylation sites (tertiary alicyclic amines) is 1. The van der Waals surface area contributed by atoms with Crippen molar-refractivity contribution >= 4 is 29.4 Å². The average Bonchev–Trinajstić information content (AvgIpc) is 3.00. The van der Waals surface area contributed by atoms with Crippen LogP contribution >= 0.6 is 11.6 Å². The molecule has 0 unspecified atom stereocenters. The molecule has 0 spiro atoms. The molecule has 0 atom stereocenters. The summed E-state index contributed by atoms with van der Waals surface area (Å²) >= 11 is 5.86. The number of carbonyl (C=O) groups is 2. The van der Waals surface area contributed by atoms with Crippen molar-refractivity contribution < 1.29 is 38.4 Å². The number of nitrogens with one attached hydrogen (secondary N) is 1. The van der Waals surface area contributed by atoms with Crippen LogP contribution in [0.2, 0.25) is 5.02 Å². The second-order valence-corrected chi connectivity index (χ2v) is 12.1. The number of hydrogen-bond acceptors (Lipinski definition) is 9. The highest BCUT2D eigenvalue weighted by molar-refractivity contribution is 6.30. The maximum Gasteiger partial charge on any atom is 0.227 e. The van der Waals surface area contributed by atoms with Gasteiger partial charge in [0.15, 0.2) is 0 Å². The molecule has 2 fully saturated rings. The number of rotatable bonds is 15. The fourth-order valence-corrected chi connectivity index (χ4v) is 5.45. The smallest absolute Gasteiger partial charge is 0.227 e. The van der Waals surface area contributed by atoms with Gasteiger partial charge in [-0.2, -0.15) is 0 Å². The number of aliphatic hydroxyl groups is 3. The molecule has 1 aromatic heterocycles. The molecule has 0 aliphatic carbocycles. The molecule has 4 N–H and O–H groups in total. The molecular weight excluding hydrogens is 600 g/mol. The van der Waals surface area contributed by atoms with E-state index in [4.69, 9.17) is 26.6 Å². The van der Waals surface area contributed by atoms with Gasteiger partial charge in [-0.1, -0.05) is 11.6 Å². The largest absolute Gasteiger partial charge is 0.493 e. The lowest BCUT2D eigenvalue weighted by atomic mass is 9.92. The van der Waals surface area contributed by atoms with Gasteiger partial charge in [0.05, 0.1) is 50.2 Å². The van der Waals surface area contributed by atoms with E-state index in [1.165, 1.54) is 4.90 Å². The molecule has 2 aliphatic heterocycles. The van der Waals surface area contributed by atoms with Crippen molar-refractivity contribution in [2.45, 2.75) is 50.5 Å². The minimum absolute atomic E-state index is 0.0646. The molecule has 2 amide bonds. The fourth-order valence-electron chi connectivity index (χ4n) is 5.35. The Hall–Kier alpha value is -3.13. The number of aliphatic hydroxyl groups excluding tert-OH is 2. The van der Waals surface area contributed by atoms with Crippen LogP contribution in [0.25, 0.3) is 0 Å². The van der Waals surface area contributed by atoms with E-state index in [-0.39, 0.29) is 36.1 Å². The van der Waals surface area contributed by atoms with E-state index in [2.05, 4.69) is 20.2 Å². The van der Waals surface area contributed by atoms with Crippen LogP contribution in [0.4, 0.5) is 14.7 Å². The molecule has 2 aromatic rings. The van der Waals surface area contributed by atoms with Crippen LogP contribution in [0.5, 0.6) is 5.75 Å². The highest BCUT2D eigenvalue weighted by atomic mass is 35.5. The van der Waals surface area contributed by atoms with Crippen LogP contribution in [0.15, 0.2) is 24.5 Å². The summed E-state index contributed by atoms with van der Waals surface area (Å²) in [6.45, 7) is 1.12. The standard InChI is InChI=1S/C30H40ClF2N5O6/c31-22-13-34-29(35-14-22)37-7-5-20(6-8-37)2-1-9-44-23-10-25(32)24(26(33)11-23)12-28(42)38-15-21(16-38)3-4-27(41)36-17-30(43,18-39)19-40/h10-11,13-14,20-21,39-40,43H,1-9,12,15-19H2,(H,36,41). The lowest BCUT2D eigenvalue weighted by Gasteiger charge is -2.39. The normalized spacial score (nSPS) is 16.1. The Morgan fingerprint density at radius 3 is 2.30 bits per heavy atom. The first-order chi connectivity index (χ1) is 21.1. The van der Waals surface area contributed by atoms with Gasteiger partial charge >= 0.3 is 0 Å². The van der Waals surface area contributed by atoms with Gasteiger partial charge in [-0.25, -0.2) is 18.7 Å². The molecule has 14 heteroatoms. The minimum atomic E-state index is -1.78. The van der Waals surface area contributed by atoms with Crippen molar-refractivity contribution in [3.05, 3.63) is 46.7 Å². The van der Waals surface area contributed by atoms with Crippen LogP contribution in [0.1, 0.15) is 44.1 Å². The third-order valence-electron chi connectivity index (χ3n) is 8.26. The van der Waals surface area contributed by atoms with Gasteiger partial charge in [-0.15, -0.1) is 0 Å². The summed E-state index contributed by atoms with van der Waals surface area (Å²) in [5, 5.41) is 30.9. The van der Waals surface area contributed by atoms with E-state index in [1.54, 1.807) is 12.4 Å². The molecule has 2 saturated heterocycles. The number of benzene rings is 1. The summed E-state index contributed by atoms with van der Waals surface area (Å²) < 4.78 is 35.1. The SMILES string of the molecule is O=C(CCC1CN(C(=O)Cc2c(F)cc(OCCCC3CCN(c4ncc(Cl)cn4)CC3)cc2F)C1)NCC(O)(CO)CO. The predicted molar refractivity (Wildman–Crippen MR) is 158 cm³/mol. The van der Waals surface area contributed by atoms with Crippen LogP contribution in [0, 0.1) is 23.5 Å². The summed E-state index contributed by atoms with van der Waals surface area (Å²) in [6.07, 6.45) is 7.06. The monoisotopic (exact) mass is 639 g/mol. The Morgan fingerprint density at radius 1 is 1.05 bits per heavy atom. The zero-order chi connectivity index (χ0) is 31.7. The third-order valence-corrected chi connectivity index (χ3v) is 8.46. The number of ether oxygens (including phenoxy) is 1. The highest BCUT2D eigenvalue weighted by Gasteiger charge is 2.32. The van der Waals surface area contributed by atoms with Gasteiger partial charge in [0.2, 0.25) is 17.8 Å². The number of amides is 2. The molecule has 1 aromatic carbocycles. The van der Waals surface area contributed by atoms with Gasteiger partial charge in [-0.3, -0.25) is 9.59 Å². The van der Waals surface area contributed by atoms with Crippen LogP contribution in [0.3, 0.4) is 0 Å². The summed E-state index contributed by atoms with van der Waals surface area (Å²) in [7, 11) is 0. The van der Waals surface area contributed by atoms with Crippen LogP contribution < -0.4 is 15.0 Å². The van der Waals surface area contributed by atoms with Gasteiger partial charge in [0.25, 0.3) is 0 Å². The number of aromatic nitrogens is 2. The first-order valence-electron chi connectivity index (χ1n) is 14.9. The second kappa shape index (κ2) is 15.7. The summed E-state index contributed by atoms with van der Waals surface area (Å²) in [4.78, 5) is 36.8. The van der Waals surface area contributed by atoms with E-state index < -0.39 is 42.8 Å². The first kappa shape index (κ1) is 33.8. The highest BCUT2D eigenvalue weighted by Crippen LogP contribution is 2.27. The number of carbonyl (C=O) groups excluding carboxylic acids is 2. The molecule has 11 nitrogen and oxygen atoms in total. The Morgan fingerprint density at radius 2 is 1.68 bits per heavy atom. The fraction of sp³-hybridized carbons (Fsp3) is 0.600. The molecule has 4 rings (SSSR count). The molecule has 44 heavy (non-hydrogen) atoms. The summed E-state index contributed by atoms with van der Waals surface area (Å²) in [5.74, 6) is -1.07. The predicted octanol–water partition coefficient (Wildman–Crippen LogP) is 2.10. The Bertz CT molecular complexity index is 1230. The topological polar surface area (TPSA) is 148 Å². The second-order valence-electron chi connectivity index (χ2n) is 11.7. The van der Waals surface area contributed by atoms with Crippen LogP contribution in [-0.2, 0) is 16.0 Å². The molecule has 0 bridgehead atoms. The molecule has 0 radical (unpaired) electrons. The summed E-state index contributed by atoms with van der Waals surface area (Å²) in [6, 6.07) is 2.23. The Balaban J connectivity index is 1.12. The number of anilines is 1. The van der Waals surface area contributed by atoms with E-state index in [0.29, 0.717) is 43.0 Å². The van der Waals surface area contributed by atoms with E-state index in [0.717, 1.165) is 50.9 Å². The van der Waals surface area contributed by atoms with Gasteiger partial charge in [-0.05, 0) is 43.9 Å². The van der Waals surface area contributed by atoms with Crippen LogP contribution in [-0.4, -0.2) is 100 Å². The minimum Gasteiger partial charge on any atom is -0.493 e. The number of halogens is 3. The number of nitrogens with zero attached hydrogens (tertiary/aromatic N) is 4. The van der Waals surface area contributed by atoms with Crippen molar-refractivity contribution in [1.29, 1.82) is 0 Å². The maximum absolute atomic E-state index is 14.7. The quantitative estimate of drug-likeness (QED) is 0.215. The van der Waals surface area contributed by atoms with Gasteiger partial charge < -0.3 is 35.2 Å². The van der Waals surface area contributed by atoms with Gasteiger partial charge in [0, 0.05) is 50.3 Å². The molecular formula is C30H40ClF2N5O6. The zero-order valence-corrected chi connectivity index (χ0v) is 25.3. The molecule has 0 saturated carbocycles. The van der Waals surface area contributed by atoms with Crippen molar-refractivity contribution in [2.75, 3.05) is 57.4 Å². The van der Waals surface area contributed by atoms with E-state index >= 15 is 0 Å². The average molecular weight is 640 g/mol. The lowest BCUT2D eigenvalue weighted by molar-refractivity contribution is -0.137. The first-order valence-corrected chi connectivity index (χ1v) is 15.3. The number of piperidine rings is 1. The molecule has 242 valence electrons. The van der Waals surface area contributed by atoms with Crippen molar-refractivity contribution in [2.24, 2.45) is 11.8 Å². The summed E-state index contributed by atoms with van der Waals surface area (Å²) in [5.41, 5.74) is -2.08. The Kier molecular flexibility index (Phi) is 12.1. The zero-order valence-electron chi connectivity index (χ0n) is 24.6.